The number of benzene rings is 1. The Morgan fingerprint density at radius 2 is 2.09 bits per heavy atom. The van der Waals surface area contributed by atoms with Crippen molar-refractivity contribution in [1.82, 2.24) is 15.1 Å². The number of halogens is 1. The first-order chi connectivity index (χ1) is 11.1. The minimum absolute atomic E-state index is 0.000156. The molecule has 0 saturated carbocycles. The predicted molar refractivity (Wildman–Crippen MR) is 90.8 cm³/mol. The van der Waals surface area contributed by atoms with E-state index in [2.05, 4.69) is 15.1 Å². The smallest absolute Gasteiger partial charge is 0.288 e. The van der Waals surface area contributed by atoms with Gasteiger partial charge in [-0.05, 0) is 31.0 Å². The number of piperazine rings is 1. The fraction of sp³-hybridized carbons (Fsp3) is 0.625. The lowest BCUT2D eigenvalue weighted by molar-refractivity contribution is -0.384. The molecule has 2 saturated heterocycles. The molecule has 0 radical (unpaired) electrons. The van der Waals surface area contributed by atoms with E-state index in [1.165, 1.54) is 12.8 Å². The van der Waals surface area contributed by atoms with Crippen molar-refractivity contribution in [3.8, 4) is 0 Å². The van der Waals surface area contributed by atoms with E-state index in [1.807, 2.05) is 6.07 Å². The minimum Gasteiger partial charge on any atom is -0.314 e. The van der Waals surface area contributed by atoms with Gasteiger partial charge in [0.25, 0.3) is 5.69 Å². The maximum atomic E-state index is 11.0. The number of nitrogens with one attached hydrogen (secondary N) is 1. The standard InChI is InChI=1S/C16H23ClN4O2/c17-15-4-3-13(10-16(15)21(22)23)11-19-7-1-2-14(12-19)20-8-5-18-6-9-20/h3-4,10,14,18H,1-2,5-9,11-12H2/t14-/m0/s1. The molecule has 126 valence electrons. The van der Waals surface area contributed by atoms with Crippen LogP contribution in [0.2, 0.25) is 5.02 Å². The fourth-order valence-electron chi connectivity index (χ4n) is 3.57. The summed E-state index contributed by atoms with van der Waals surface area (Å²) in [5.74, 6) is 0. The summed E-state index contributed by atoms with van der Waals surface area (Å²) in [7, 11) is 0. The van der Waals surface area contributed by atoms with Crippen LogP contribution in [0.25, 0.3) is 0 Å². The molecule has 2 aliphatic heterocycles. The van der Waals surface area contributed by atoms with Crippen molar-refractivity contribution in [2.75, 3.05) is 39.3 Å². The molecule has 7 heteroatoms. The van der Waals surface area contributed by atoms with Gasteiger partial charge in [0.1, 0.15) is 5.02 Å². The van der Waals surface area contributed by atoms with E-state index in [1.54, 1.807) is 12.1 Å². The molecule has 3 rings (SSSR count). The molecule has 1 aromatic rings. The van der Waals surface area contributed by atoms with E-state index in [4.69, 9.17) is 11.6 Å². The van der Waals surface area contributed by atoms with Crippen molar-refractivity contribution in [3.05, 3.63) is 38.9 Å². The number of nitrogens with zero attached hydrogens (tertiary/aromatic N) is 3. The molecular formula is C16H23ClN4O2. The van der Waals surface area contributed by atoms with Crippen molar-refractivity contribution < 1.29 is 4.92 Å². The molecular weight excluding hydrogens is 316 g/mol. The van der Waals surface area contributed by atoms with Crippen molar-refractivity contribution in [3.63, 3.8) is 0 Å². The quantitative estimate of drug-likeness (QED) is 0.673. The Morgan fingerprint density at radius 3 is 2.83 bits per heavy atom. The van der Waals surface area contributed by atoms with Crippen LogP contribution in [-0.4, -0.2) is 60.0 Å². The average Bonchev–Trinajstić information content (AvgIpc) is 2.57. The summed E-state index contributed by atoms with van der Waals surface area (Å²) in [5, 5.41) is 14.6. The second-order valence-corrected chi connectivity index (χ2v) is 6.77. The van der Waals surface area contributed by atoms with Crippen LogP contribution in [0.3, 0.4) is 0 Å². The van der Waals surface area contributed by atoms with Gasteiger partial charge in [0, 0.05) is 51.4 Å². The van der Waals surface area contributed by atoms with Gasteiger partial charge in [0.15, 0.2) is 0 Å². The van der Waals surface area contributed by atoms with Gasteiger partial charge in [0.05, 0.1) is 4.92 Å². The van der Waals surface area contributed by atoms with E-state index in [0.717, 1.165) is 51.4 Å². The van der Waals surface area contributed by atoms with E-state index < -0.39 is 4.92 Å². The summed E-state index contributed by atoms with van der Waals surface area (Å²) in [6, 6.07) is 5.74. The summed E-state index contributed by atoms with van der Waals surface area (Å²) in [4.78, 5) is 15.6. The highest BCUT2D eigenvalue weighted by atomic mass is 35.5. The SMILES string of the molecule is O=[N+]([O-])c1cc(CN2CCC[C@H](N3CCNCC3)C2)ccc1Cl. The fourth-order valence-corrected chi connectivity index (χ4v) is 3.76. The summed E-state index contributed by atoms with van der Waals surface area (Å²) < 4.78 is 0. The van der Waals surface area contributed by atoms with Crippen LogP contribution < -0.4 is 5.32 Å². The lowest BCUT2D eigenvalue weighted by Crippen LogP contribution is -2.53. The molecule has 0 aromatic heterocycles. The van der Waals surface area contributed by atoms with Gasteiger partial charge in [-0.1, -0.05) is 17.7 Å². The van der Waals surface area contributed by atoms with Crippen molar-refractivity contribution in [1.29, 1.82) is 0 Å². The van der Waals surface area contributed by atoms with Crippen LogP contribution in [0, 0.1) is 10.1 Å². The van der Waals surface area contributed by atoms with Gasteiger partial charge < -0.3 is 5.32 Å². The summed E-state index contributed by atoms with van der Waals surface area (Å²) >= 11 is 5.89. The number of piperidine rings is 1. The van der Waals surface area contributed by atoms with Crippen LogP contribution in [0.1, 0.15) is 18.4 Å². The molecule has 0 aliphatic carbocycles. The molecule has 0 amide bonds. The van der Waals surface area contributed by atoms with Gasteiger partial charge in [-0.25, -0.2) is 0 Å². The Hall–Kier alpha value is -1.21. The Morgan fingerprint density at radius 1 is 1.30 bits per heavy atom. The Bertz CT molecular complexity index is 563. The molecule has 0 bridgehead atoms. The van der Waals surface area contributed by atoms with Crippen LogP contribution >= 0.6 is 11.6 Å². The van der Waals surface area contributed by atoms with E-state index in [-0.39, 0.29) is 10.7 Å². The minimum atomic E-state index is -0.411. The Labute approximate surface area is 141 Å². The third-order valence-corrected chi connectivity index (χ3v) is 5.08. The zero-order valence-corrected chi connectivity index (χ0v) is 14.0. The van der Waals surface area contributed by atoms with Crippen molar-refractivity contribution >= 4 is 17.3 Å². The number of rotatable bonds is 4. The molecule has 2 aliphatic rings. The highest BCUT2D eigenvalue weighted by Gasteiger charge is 2.26. The van der Waals surface area contributed by atoms with Crippen LogP contribution in [0.4, 0.5) is 5.69 Å². The largest absolute Gasteiger partial charge is 0.314 e. The summed E-state index contributed by atoms with van der Waals surface area (Å²) in [6.07, 6.45) is 2.43. The van der Waals surface area contributed by atoms with Crippen LogP contribution in [-0.2, 0) is 6.54 Å². The van der Waals surface area contributed by atoms with Gasteiger partial charge >= 0.3 is 0 Å². The first-order valence-electron chi connectivity index (χ1n) is 8.23. The third kappa shape index (κ3) is 4.20. The summed E-state index contributed by atoms with van der Waals surface area (Å²) in [5.41, 5.74) is 0.960. The molecule has 1 aromatic carbocycles. The predicted octanol–water partition coefficient (Wildman–Crippen LogP) is 2.12. The van der Waals surface area contributed by atoms with Gasteiger partial charge in [-0.15, -0.1) is 0 Å². The molecule has 0 spiro atoms. The monoisotopic (exact) mass is 338 g/mol. The van der Waals surface area contributed by atoms with E-state index in [0.29, 0.717) is 6.04 Å². The van der Waals surface area contributed by atoms with Crippen molar-refractivity contribution in [2.24, 2.45) is 0 Å². The number of hydrogen-bond donors (Lipinski definition) is 1. The molecule has 1 atom stereocenters. The lowest BCUT2D eigenvalue weighted by Gasteiger charge is -2.41. The second-order valence-electron chi connectivity index (χ2n) is 6.36. The molecule has 1 N–H and O–H groups in total. The molecule has 2 fully saturated rings. The Balaban J connectivity index is 1.63. The normalized spacial score (nSPS) is 23.8. The van der Waals surface area contributed by atoms with Gasteiger partial charge in [0.2, 0.25) is 0 Å². The third-order valence-electron chi connectivity index (χ3n) is 4.76. The number of nitro benzene ring substituents is 1. The topological polar surface area (TPSA) is 61.7 Å². The first-order valence-corrected chi connectivity index (χ1v) is 8.61. The van der Waals surface area contributed by atoms with Crippen LogP contribution in [0.5, 0.6) is 0 Å². The maximum absolute atomic E-state index is 11.0. The first kappa shape index (κ1) is 16.6. The molecule has 23 heavy (non-hydrogen) atoms. The van der Waals surface area contributed by atoms with Crippen LogP contribution in [0.15, 0.2) is 18.2 Å². The molecule has 0 unspecified atom stereocenters. The van der Waals surface area contributed by atoms with Gasteiger partial charge in [-0.2, -0.15) is 0 Å². The lowest BCUT2D eigenvalue weighted by atomic mass is 10.0. The Kier molecular flexibility index (Phi) is 5.48. The van der Waals surface area contributed by atoms with E-state index >= 15 is 0 Å². The number of likely N-dealkylation sites (tertiary alicyclic amines) is 1. The average molecular weight is 339 g/mol. The maximum Gasteiger partial charge on any atom is 0.288 e. The zero-order chi connectivity index (χ0) is 16.2. The van der Waals surface area contributed by atoms with E-state index in [9.17, 15) is 10.1 Å². The van der Waals surface area contributed by atoms with Crippen molar-refractivity contribution in [2.45, 2.75) is 25.4 Å². The molecule has 2 heterocycles. The number of hydrogen-bond acceptors (Lipinski definition) is 5. The highest BCUT2D eigenvalue weighted by molar-refractivity contribution is 6.32. The second kappa shape index (κ2) is 7.57. The number of nitro groups is 1. The molecule has 6 nitrogen and oxygen atoms in total. The van der Waals surface area contributed by atoms with Gasteiger partial charge in [-0.3, -0.25) is 19.9 Å². The zero-order valence-electron chi connectivity index (χ0n) is 13.2. The highest BCUT2D eigenvalue weighted by Crippen LogP contribution is 2.26. The summed E-state index contributed by atoms with van der Waals surface area (Å²) in [6.45, 7) is 7.21.